The van der Waals surface area contributed by atoms with Crippen molar-refractivity contribution in [3.8, 4) is 50.2 Å². The number of hydrogen-bond acceptors (Lipinski definition) is 2. The largest absolute Gasteiger partial charge is 0.311 e. The smallest absolute Gasteiger partial charge is 0.0541 e. The molecule has 2 aromatic heterocycles. The van der Waals surface area contributed by atoms with Crippen molar-refractivity contribution in [2.75, 3.05) is 4.90 Å². The first-order valence-electron chi connectivity index (χ1n) is 22.9. The van der Waals surface area contributed by atoms with Crippen LogP contribution in [0.1, 0.15) is 0 Å². The molecule has 0 aliphatic heterocycles. The molecule has 0 fully saturated rings. The van der Waals surface area contributed by atoms with Gasteiger partial charge in [-0.1, -0.05) is 170 Å². The number of para-hydroxylation sites is 1. The zero-order chi connectivity index (χ0) is 44.3. The lowest BCUT2D eigenvalue weighted by molar-refractivity contribution is 1.19. The number of nitrogens with zero attached hydrogens (tertiary/aromatic N) is 2. The summed E-state index contributed by atoms with van der Waals surface area (Å²) < 4.78 is 5.05. The van der Waals surface area contributed by atoms with Gasteiger partial charge in [0.25, 0.3) is 0 Å². The molecule has 13 rings (SSSR count). The van der Waals surface area contributed by atoms with E-state index in [1.807, 2.05) is 11.3 Å². The third kappa shape index (κ3) is 6.96. The molecule has 11 aromatic carbocycles. The fourth-order valence-corrected chi connectivity index (χ4v) is 11.1. The number of aromatic nitrogens is 1. The quantitative estimate of drug-likeness (QED) is 0.148. The molecule has 0 spiro atoms. The molecule has 0 radical (unpaired) electrons. The van der Waals surface area contributed by atoms with Crippen molar-refractivity contribution in [1.29, 1.82) is 0 Å². The third-order valence-corrected chi connectivity index (χ3v) is 14.6. The first-order chi connectivity index (χ1) is 33.2. The van der Waals surface area contributed by atoms with Gasteiger partial charge in [-0.15, -0.1) is 11.3 Å². The van der Waals surface area contributed by atoms with Crippen LogP contribution in [-0.4, -0.2) is 4.57 Å². The Kier molecular flexibility index (Phi) is 9.40. The molecule has 0 saturated carbocycles. The molecule has 314 valence electrons. The summed E-state index contributed by atoms with van der Waals surface area (Å²) >= 11 is 1.86. The maximum absolute atomic E-state index is 2.40. The normalized spacial score (nSPS) is 11.6. The van der Waals surface area contributed by atoms with Crippen molar-refractivity contribution in [1.82, 2.24) is 4.57 Å². The van der Waals surface area contributed by atoms with E-state index in [1.165, 1.54) is 103 Å². The Morgan fingerprint density at radius 1 is 0.269 bits per heavy atom. The lowest BCUT2D eigenvalue weighted by atomic mass is 9.99. The Hall–Kier alpha value is -8.50. The van der Waals surface area contributed by atoms with Crippen LogP contribution in [-0.2, 0) is 0 Å². The summed E-state index contributed by atoms with van der Waals surface area (Å²) in [5.41, 5.74) is 16.5. The Labute approximate surface area is 393 Å². The first-order valence-corrected chi connectivity index (χ1v) is 23.7. The fourth-order valence-electron chi connectivity index (χ4n) is 9.99. The number of hydrogen-bond donors (Lipinski definition) is 0. The minimum atomic E-state index is 1.09. The Morgan fingerprint density at radius 3 is 1.37 bits per heavy atom. The van der Waals surface area contributed by atoms with Gasteiger partial charge in [0.05, 0.1) is 11.0 Å². The summed E-state index contributed by atoms with van der Waals surface area (Å²) in [7, 11) is 0. The topological polar surface area (TPSA) is 8.17 Å². The second kappa shape index (κ2) is 16.2. The third-order valence-electron chi connectivity index (χ3n) is 13.4. The van der Waals surface area contributed by atoms with Crippen molar-refractivity contribution in [2.45, 2.75) is 0 Å². The number of rotatable bonds is 8. The zero-order valence-electron chi connectivity index (χ0n) is 36.6. The highest BCUT2D eigenvalue weighted by Gasteiger charge is 2.17. The van der Waals surface area contributed by atoms with E-state index in [9.17, 15) is 0 Å². The molecule has 2 nitrogen and oxygen atoms in total. The van der Waals surface area contributed by atoms with Crippen LogP contribution in [0.3, 0.4) is 0 Å². The summed E-state index contributed by atoms with van der Waals surface area (Å²) in [6.45, 7) is 0. The average molecular weight is 871 g/mol. The summed E-state index contributed by atoms with van der Waals surface area (Å²) in [6, 6.07) is 93.2. The summed E-state index contributed by atoms with van der Waals surface area (Å²) in [5.74, 6) is 0. The first kappa shape index (κ1) is 38.9. The van der Waals surface area contributed by atoms with Crippen LogP contribution in [0.15, 0.2) is 255 Å². The van der Waals surface area contributed by atoms with E-state index in [0.29, 0.717) is 0 Å². The van der Waals surface area contributed by atoms with E-state index < -0.39 is 0 Å². The second-order valence-electron chi connectivity index (χ2n) is 17.3. The maximum Gasteiger partial charge on any atom is 0.0541 e. The number of anilines is 3. The van der Waals surface area contributed by atoms with Crippen LogP contribution in [0.25, 0.3) is 103 Å². The highest BCUT2D eigenvalue weighted by atomic mass is 32.1. The number of benzene rings is 11. The van der Waals surface area contributed by atoms with Crippen LogP contribution in [0, 0.1) is 0 Å². The van der Waals surface area contributed by atoms with Gasteiger partial charge < -0.3 is 9.47 Å². The van der Waals surface area contributed by atoms with E-state index in [0.717, 1.165) is 17.1 Å². The molecule has 0 aliphatic rings. The maximum atomic E-state index is 2.40. The lowest BCUT2D eigenvalue weighted by Crippen LogP contribution is -2.09. The molecule has 67 heavy (non-hydrogen) atoms. The van der Waals surface area contributed by atoms with Gasteiger partial charge in [-0.3, -0.25) is 0 Å². The van der Waals surface area contributed by atoms with Crippen LogP contribution in [0.4, 0.5) is 17.1 Å². The van der Waals surface area contributed by atoms with Gasteiger partial charge in [-0.25, -0.2) is 0 Å². The molecule has 3 heteroatoms. The second-order valence-corrected chi connectivity index (χ2v) is 18.4. The SMILES string of the molecule is c1ccc(-c2ccc(-c3ccc(N(c4ccc(-c5ccc6sc7ccccc7c6c5)cc4)c4ccc(-c5ccc6c(c5)c5ccccc5n6-c5ccc6ccccc6c5)cc4)cc3)cc2)cc1. The van der Waals surface area contributed by atoms with E-state index in [4.69, 9.17) is 0 Å². The summed E-state index contributed by atoms with van der Waals surface area (Å²) in [6.07, 6.45) is 0. The van der Waals surface area contributed by atoms with Crippen molar-refractivity contribution in [3.05, 3.63) is 255 Å². The van der Waals surface area contributed by atoms with Gasteiger partial charge in [-0.05, 0) is 140 Å². The lowest BCUT2D eigenvalue weighted by Gasteiger charge is -2.26. The zero-order valence-corrected chi connectivity index (χ0v) is 37.4. The Bertz CT molecular complexity index is 3940. The van der Waals surface area contributed by atoms with Crippen LogP contribution in [0.2, 0.25) is 0 Å². The van der Waals surface area contributed by atoms with E-state index >= 15 is 0 Å². The van der Waals surface area contributed by atoms with Gasteiger partial charge in [0.2, 0.25) is 0 Å². The van der Waals surface area contributed by atoms with E-state index in [-0.39, 0.29) is 0 Å². The van der Waals surface area contributed by atoms with Crippen LogP contribution < -0.4 is 4.90 Å². The number of fused-ring (bicyclic) bond motifs is 7. The highest BCUT2D eigenvalue weighted by Crippen LogP contribution is 2.41. The summed E-state index contributed by atoms with van der Waals surface area (Å²) in [5, 5.41) is 7.61. The van der Waals surface area contributed by atoms with E-state index in [1.54, 1.807) is 0 Å². The molecular weight excluding hydrogens is 829 g/mol. The van der Waals surface area contributed by atoms with Crippen molar-refractivity contribution in [3.63, 3.8) is 0 Å². The monoisotopic (exact) mass is 870 g/mol. The van der Waals surface area contributed by atoms with Crippen molar-refractivity contribution in [2.24, 2.45) is 0 Å². The van der Waals surface area contributed by atoms with Gasteiger partial charge >= 0.3 is 0 Å². The average Bonchev–Trinajstić information content (AvgIpc) is 3.95. The van der Waals surface area contributed by atoms with E-state index in [2.05, 4.69) is 264 Å². The highest BCUT2D eigenvalue weighted by molar-refractivity contribution is 7.25. The Morgan fingerprint density at radius 2 is 0.716 bits per heavy atom. The standard InChI is InChI=1S/C64H42N2S/c1-2-10-43(11-3-1)45-18-20-46(21-19-45)47-22-31-53(32-23-47)65(55-35-26-49(27-36-55)52-30-39-64-60(42-52)58-15-7-9-17-63(58)67-64)54-33-24-48(25-34-54)51-29-38-62-59(41-51)57-14-6-8-16-61(57)66(62)56-37-28-44-12-4-5-13-50(44)40-56/h1-42H. The molecule has 0 bridgehead atoms. The fraction of sp³-hybridized carbons (Fsp3) is 0. The number of thiophene rings is 1. The van der Waals surface area contributed by atoms with Crippen LogP contribution in [0.5, 0.6) is 0 Å². The summed E-state index contributed by atoms with van der Waals surface area (Å²) in [4.78, 5) is 2.37. The molecule has 0 aliphatic carbocycles. The van der Waals surface area contributed by atoms with Gasteiger partial charge in [0.1, 0.15) is 0 Å². The molecule has 0 unspecified atom stereocenters. The molecule has 13 aromatic rings. The van der Waals surface area contributed by atoms with Gasteiger partial charge in [0.15, 0.2) is 0 Å². The molecule has 0 atom stereocenters. The van der Waals surface area contributed by atoms with Crippen molar-refractivity contribution >= 4 is 81.1 Å². The molecule has 2 heterocycles. The van der Waals surface area contributed by atoms with Crippen LogP contribution >= 0.6 is 11.3 Å². The minimum absolute atomic E-state index is 1.09. The van der Waals surface area contributed by atoms with Gasteiger partial charge in [0, 0.05) is 53.7 Å². The molecular formula is C64H42N2S. The molecule has 0 amide bonds. The predicted molar refractivity (Wildman–Crippen MR) is 288 cm³/mol. The minimum Gasteiger partial charge on any atom is -0.311 e. The Balaban J connectivity index is 0.861. The van der Waals surface area contributed by atoms with Gasteiger partial charge in [-0.2, -0.15) is 0 Å². The van der Waals surface area contributed by atoms with Crippen molar-refractivity contribution < 1.29 is 0 Å². The molecule has 0 N–H and O–H groups in total. The molecule has 0 saturated heterocycles. The predicted octanol–water partition coefficient (Wildman–Crippen LogP) is 18.4.